The SMILES string of the molecule is COCCn1c(C=O)cc(Sc2ccc3[nH]ncc3c2)c1C. The van der Waals surface area contributed by atoms with Gasteiger partial charge in [-0.2, -0.15) is 5.10 Å². The van der Waals surface area contributed by atoms with Gasteiger partial charge in [0.05, 0.1) is 24.0 Å². The number of benzene rings is 1. The van der Waals surface area contributed by atoms with Crippen LogP contribution in [0.2, 0.25) is 0 Å². The van der Waals surface area contributed by atoms with E-state index in [0.717, 1.165) is 32.7 Å². The van der Waals surface area contributed by atoms with Gasteiger partial charge in [0.25, 0.3) is 0 Å². The van der Waals surface area contributed by atoms with Crippen LogP contribution in [0.25, 0.3) is 10.9 Å². The number of methoxy groups -OCH3 is 1. The van der Waals surface area contributed by atoms with Gasteiger partial charge in [-0.1, -0.05) is 11.8 Å². The number of nitrogens with zero attached hydrogens (tertiary/aromatic N) is 2. The number of aldehydes is 1. The largest absolute Gasteiger partial charge is 0.383 e. The lowest BCUT2D eigenvalue weighted by Gasteiger charge is -2.08. The van der Waals surface area contributed by atoms with Crippen LogP contribution in [0.15, 0.2) is 40.3 Å². The molecule has 0 saturated heterocycles. The summed E-state index contributed by atoms with van der Waals surface area (Å²) >= 11 is 1.65. The van der Waals surface area contributed by atoms with Gasteiger partial charge < -0.3 is 9.30 Å². The predicted octanol–water partition coefficient (Wildman–Crippen LogP) is 3.28. The minimum atomic E-state index is 0.585. The van der Waals surface area contributed by atoms with Crippen molar-refractivity contribution in [3.63, 3.8) is 0 Å². The van der Waals surface area contributed by atoms with Gasteiger partial charge in [0.15, 0.2) is 6.29 Å². The highest BCUT2D eigenvalue weighted by Crippen LogP contribution is 2.33. The van der Waals surface area contributed by atoms with Crippen LogP contribution in [0.4, 0.5) is 0 Å². The van der Waals surface area contributed by atoms with Gasteiger partial charge in [-0.05, 0) is 31.2 Å². The molecule has 0 unspecified atom stereocenters. The molecule has 0 atom stereocenters. The molecule has 2 heterocycles. The fraction of sp³-hybridized carbons (Fsp3) is 0.250. The molecule has 0 radical (unpaired) electrons. The number of aromatic amines is 1. The molecule has 2 aromatic heterocycles. The quantitative estimate of drug-likeness (QED) is 0.709. The second-order valence-corrected chi connectivity index (χ2v) is 6.12. The normalized spacial score (nSPS) is 11.2. The Morgan fingerprint density at radius 3 is 3.05 bits per heavy atom. The highest BCUT2D eigenvalue weighted by molar-refractivity contribution is 7.99. The zero-order valence-corrected chi connectivity index (χ0v) is 13.3. The molecule has 0 aliphatic carbocycles. The summed E-state index contributed by atoms with van der Waals surface area (Å²) in [7, 11) is 1.66. The monoisotopic (exact) mass is 315 g/mol. The van der Waals surface area contributed by atoms with E-state index in [0.29, 0.717) is 18.8 Å². The summed E-state index contributed by atoms with van der Waals surface area (Å²) in [6, 6.07) is 8.10. The summed E-state index contributed by atoms with van der Waals surface area (Å²) in [5.41, 5.74) is 2.78. The molecule has 0 amide bonds. The summed E-state index contributed by atoms with van der Waals surface area (Å²) < 4.78 is 7.11. The van der Waals surface area contributed by atoms with Crippen LogP contribution in [-0.2, 0) is 11.3 Å². The summed E-state index contributed by atoms with van der Waals surface area (Å²) in [4.78, 5) is 13.5. The van der Waals surface area contributed by atoms with Crippen LogP contribution in [0.5, 0.6) is 0 Å². The van der Waals surface area contributed by atoms with Gasteiger partial charge in [0.1, 0.15) is 0 Å². The lowest BCUT2D eigenvalue weighted by molar-refractivity contribution is 0.111. The molecule has 0 fully saturated rings. The number of carbonyl (C=O) groups is 1. The number of hydrogen-bond donors (Lipinski definition) is 1. The van der Waals surface area contributed by atoms with Gasteiger partial charge in [0.2, 0.25) is 0 Å². The summed E-state index contributed by atoms with van der Waals surface area (Å²) in [5, 5.41) is 8.06. The highest BCUT2D eigenvalue weighted by Gasteiger charge is 2.12. The van der Waals surface area contributed by atoms with Crippen LogP contribution in [0, 0.1) is 6.92 Å². The maximum Gasteiger partial charge on any atom is 0.166 e. The van der Waals surface area contributed by atoms with Crippen LogP contribution >= 0.6 is 11.8 Å². The van der Waals surface area contributed by atoms with Gasteiger partial charge in [-0.15, -0.1) is 0 Å². The third-order valence-electron chi connectivity index (χ3n) is 3.63. The topological polar surface area (TPSA) is 59.9 Å². The van der Waals surface area contributed by atoms with E-state index in [-0.39, 0.29) is 0 Å². The van der Waals surface area contributed by atoms with Crippen molar-refractivity contribution in [2.45, 2.75) is 23.3 Å². The molecular formula is C16H17N3O2S. The zero-order valence-electron chi connectivity index (χ0n) is 12.5. The average molecular weight is 315 g/mol. The third kappa shape index (κ3) is 2.80. The number of H-pyrrole nitrogens is 1. The van der Waals surface area contributed by atoms with Crippen molar-refractivity contribution in [1.29, 1.82) is 0 Å². The van der Waals surface area contributed by atoms with E-state index in [1.807, 2.05) is 29.8 Å². The highest BCUT2D eigenvalue weighted by atomic mass is 32.2. The molecule has 0 aliphatic heterocycles. The average Bonchev–Trinajstić information content (AvgIpc) is 3.10. The number of aromatic nitrogens is 3. The lowest BCUT2D eigenvalue weighted by atomic mass is 10.3. The first-order valence-corrected chi connectivity index (χ1v) is 7.80. The standard InChI is InChI=1S/C16H17N3O2S/c1-11-16(8-13(10-20)19(11)5-6-21-2)22-14-3-4-15-12(7-14)9-17-18-15/h3-4,7-10H,5-6H2,1-2H3,(H,17,18). The lowest BCUT2D eigenvalue weighted by Crippen LogP contribution is -2.08. The first-order chi connectivity index (χ1) is 10.7. The number of carbonyl (C=O) groups excluding carboxylic acids is 1. The first kappa shape index (κ1) is 14.9. The van der Waals surface area contributed by atoms with Crippen molar-refractivity contribution >= 4 is 29.0 Å². The molecular weight excluding hydrogens is 298 g/mol. The second-order valence-electron chi connectivity index (χ2n) is 5.00. The Hall–Kier alpha value is -2.05. The number of fused-ring (bicyclic) bond motifs is 1. The fourth-order valence-electron chi connectivity index (χ4n) is 2.43. The van der Waals surface area contributed by atoms with E-state index in [4.69, 9.17) is 4.74 Å². The van der Waals surface area contributed by atoms with Crippen molar-refractivity contribution < 1.29 is 9.53 Å². The Kier molecular flexibility index (Phi) is 4.31. The molecule has 5 nitrogen and oxygen atoms in total. The number of hydrogen-bond acceptors (Lipinski definition) is 4. The second kappa shape index (κ2) is 6.37. The molecule has 3 rings (SSSR count). The summed E-state index contributed by atoms with van der Waals surface area (Å²) in [5.74, 6) is 0. The van der Waals surface area contributed by atoms with E-state index in [9.17, 15) is 4.79 Å². The van der Waals surface area contributed by atoms with Crippen LogP contribution in [-0.4, -0.2) is 34.8 Å². The molecule has 1 N–H and O–H groups in total. The van der Waals surface area contributed by atoms with Crippen molar-refractivity contribution in [3.8, 4) is 0 Å². The zero-order chi connectivity index (χ0) is 15.5. The van der Waals surface area contributed by atoms with Crippen molar-refractivity contribution in [3.05, 3.63) is 41.9 Å². The van der Waals surface area contributed by atoms with Crippen LogP contribution in [0.3, 0.4) is 0 Å². The van der Waals surface area contributed by atoms with Crippen molar-refractivity contribution in [1.82, 2.24) is 14.8 Å². The smallest absolute Gasteiger partial charge is 0.166 e. The van der Waals surface area contributed by atoms with Gasteiger partial charge >= 0.3 is 0 Å². The van der Waals surface area contributed by atoms with Gasteiger partial charge in [0, 0.05) is 34.5 Å². The summed E-state index contributed by atoms with van der Waals surface area (Å²) in [6.45, 7) is 3.29. The Bertz CT molecular complexity index is 807. The Labute approximate surface area is 132 Å². The number of rotatable bonds is 6. The van der Waals surface area contributed by atoms with Crippen molar-refractivity contribution in [2.24, 2.45) is 0 Å². The number of ether oxygens (including phenoxy) is 1. The maximum absolute atomic E-state index is 11.3. The van der Waals surface area contributed by atoms with Crippen molar-refractivity contribution in [2.75, 3.05) is 13.7 Å². The number of nitrogens with one attached hydrogen (secondary N) is 1. The van der Waals surface area contributed by atoms with Crippen LogP contribution < -0.4 is 0 Å². The van der Waals surface area contributed by atoms with E-state index in [1.54, 1.807) is 18.9 Å². The molecule has 0 saturated carbocycles. The van der Waals surface area contributed by atoms with Gasteiger partial charge in [-0.3, -0.25) is 9.89 Å². The molecule has 6 heteroatoms. The Balaban J connectivity index is 1.90. The molecule has 3 aromatic rings. The molecule has 22 heavy (non-hydrogen) atoms. The van der Waals surface area contributed by atoms with E-state index in [2.05, 4.69) is 22.3 Å². The molecule has 0 spiro atoms. The first-order valence-electron chi connectivity index (χ1n) is 6.98. The Morgan fingerprint density at radius 2 is 2.27 bits per heavy atom. The minimum Gasteiger partial charge on any atom is -0.383 e. The summed E-state index contributed by atoms with van der Waals surface area (Å²) in [6.07, 6.45) is 2.71. The Morgan fingerprint density at radius 1 is 1.41 bits per heavy atom. The fourth-order valence-corrected chi connectivity index (χ4v) is 3.45. The molecule has 0 aliphatic rings. The van der Waals surface area contributed by atoms with Gasteiger partial charge in [-0.25, -0.2) is 0 Å². The van der Waals surface area contributed by atoms with E-state index < -0.39 is 0 Å². The van der Waals surface area contributed by atoms with Crippen LogP contribution in [0.1, 0.15) is 16.2 Å². The molecule has 1 aromatic carbocycles. The van der Waals surface area contributed by atoms with E-state index in [1.165, 1.54) is 0 Å². The maximum atomic E-state index is 11.3. The minimum absolute atomic E-state index is 0.585. The predicted molar refractivity (Wildman–Crippen MR) is 86.6 cm³/mol. The van der Waals surface area contributed by atoms with E-state index >= 15 is 0 Å². The molecule has 114 valence electrons. The molecule has 0 bridgehead atoms. The third-order valence-corrected chi connectivity index (χ3v) is 4.75.